The molecule has 0 unspecified atom stereocenters. The lowest BCUT2D eigenvalue weighted by Crippen LogP contribution is -2.56. The highest BCUT2D eigenvalue weighted by Gasteiger charge is 2.39. The minimum atomic E-state index is -0.431. The summed E-state index contributed by atoms with van der Waals surface area (Å²) in [6, 6.07) is 16.5. The zero-order chi connectivity index (χ0) is 20.1. The second-order valence-corrected chi connectivity index (χ2v) is 6.61. The molecule has 0 spiro atoms. The molecule has 1 fully saturated rings. The lowest BCUT2D eigenvalue weighted by molar-refractivity contribution is -0.127. The molecule has 3 rings (SSSR count). The van der Waals surface area contributed by atoms with Gasteiger partial charge in [0.2, 0.25) is 0 Å². The van der Waals surface area contributed by atoms with Crippen LogP contribution in [0.15, 0.2) is 60.2 Å². The molecular formula is C22H22N2O3S. The molecule has 2 aromatic rings. The fourth-order valence-corrected chi connectivity index (χ4v) is 3.41. The summed E-state index contributed by atoms with van der Waals surface area (Å²) in [4.78, 5) is 29.2. The summed E-state index contributed by atoms with van der Waals surface area (Å²) >= 11 is 5.49. The topological polar surface area (TPSA) is 49.9 Å². The van der Waals surface area contributed by atoms with Gasteiger partial charge in [0, 0.05) is 12.1 Å². The van der Waals surface area contributed by atoms with Crippen molar-refractivity contribution in [1.29, 1.82) is 0 Å². The van der Waals surface area contributed by atoms with E-state index in [1.54, 1.807) is 18.2 Å². The molecule has 0 atom stereocenters. The Kier molecular flexibility index (Phi) is 6.21. The van der Waals surface area contributed by atoms with Crippen molar-refractivity contribution in [1.82, 2.24) is 4.90 Å². The summed E-state index contributed by atoms with van der Waals surface area (Å²) in [7, 11) is 0. The van der Waals surface area contributed by atoms with E-state index in [9.17, 15) is 9.59 Å². The molecule has 0 N–H and O–H groups in total. The number of amides is 2. The minimum Gasteiger partial charge on any atom is -0.493 e. The molecule has 0 saturated carbocycles. The molecule has 6 heteroatoms. The monoisotopic (exact) mass is 394 g/mol. The van der Waals surface area contributed by atoms with E-state index < -0.39 is 5.91 Å². The van der Waals surface area contributed by atoms with Crippen molar-refractivity contribution in [2.45, 2.75) is 20.3 Å². The highest BCUT2D eigenvalue weighted by Crippen LogP contribution is 2.28. The van der Waals surface area contributed by atoms with Gasteiger partial charge >= 0.3 is 0 Å². The van der Waals surface area contributed by atoms with Crippen molar-refractivity contribution >= 4 is 40.9 Å². The average molecular weight is 394 g/mol. The molecule has 0 aliphatic carbocycles. The predicted octanol–water partition coefficient (Wildman–Crippen LogP) is 4.04. The summed E-state index contributed by atoms with van der Waals surface area (Å²) < 4.78 is 5.64. The van der Waals surface area contributed by atoms with Gasteiger partial charge in [0.25, 0.3) is 11.8 Å². The molecule has 0 radical (unpaired) electrons. The smallest absolute Gasteiger partial charge is 0.270 e. The Morgan fingerprint density at radius 1 is 0.964 bits per heavy atom. The van der Waals surface area contributed by atoms with E-state index in [4.69, 9.17) is 17.0 Å². The maximum absolute atomic E-state index is 13.3. The van der Waals surface area contributed by atoms with E-state index in [-0.39, 0.29) is 16.6 Å². The molecule has 1 heterocycles. The Balaban J connectivity index is 2.10. The van der Waals surface area contributed by atoms with E-state index in [0.717, 1.165) is 6.42 Å². The zero-order valence-corrected chi connectivity index (χ0v) is 16.7. The molecule has 2 aromatic carbocycles. The van der Waals surface area contributed by atoms with Gasteiger partial charge in [0.1, 0.15) is 11.3 Å². The van der Waals surface area contributed by atoms with Gasteiger partial charge in [-0.2, -0.15) is 0 Å². The molecule has 0 bridgehead atoms. The van der Waals surface area contributed by atoms with Crippen LogP contribution in [0.2, 0.25) is 0 Å². The van der Waals surface area contributed by atoms with E-state index in [2.05, 4.69) is 0 Å². The number of hydrogen-bond donors (Lipinski definition) is 0. The number of rotatable bonds is 6. The Labute approximate surface area is 170 Å². The SMILES string of the molecule is CCCN1C(=O)/C(=C/c2ccccc2OCC)C(=O)N(c2ccccc2)C1=S. The van der Waals surface area contributed by atoms with Crippen LogP contribution < -0.4 is 9.64 Å². The second-order valence-electron chi connectivity index (χ2n) is 6.24. The summed E-state index contributed by atoms with van der Waals surface area (Å²) in [5.74, 6) is -0.185. The Morgan fingerprint density at radius 3 is 2.32 bits per heavy atom. The molecule has 1 aliphatic heterocycles. The first-order valence-electron chi connectivity index (χ1n) is 9.27. The van der Waals surface area contributed by atoms with Gasteiger partial charge in [0.05, 0.1) is 12.3 Å². The van der Waals surface area contributed by atoms with Crippen molar-refractivity contribution in [3.63, 3.8) is 0 Å². The lowest BCUT2D eigenvalue weighted by atomic mass is 10.0. The third-order valence-electron chi connectivity index (χ3n) is 4.31. The fourth-order valence-electron chi connectivity index (χ4n) is 3.04. The van der Waals surface area contributed by atoms with Gasteiger partial charge in [-0.1, -0.05) is 43.3 Å². The first kappa shape index (κ1) is 19.8. The zero-order valence-electron chi connectivity index (χ0n) is 15.9. The number of anilines is 1. The van der Waals surface area contributed by atoms with E-state index in [1.807, 2.05) is 56.3 Å². The van der Waals surface area contributed by atoms with Gasteiger partial charge in [-0.15, -0.1) is 0 Å². The fraction of sp³-hybridized carbons (Fsp3) is 0.227. The number of benzene rings is 2. The van der Waals surface area contributed by atoms with Crippen molar-refractivity contribution in [3.8, 4) is 5.75 Å². The molecular weight excluding hydrogens is 372 g/mol. The van der Waals surface area contributed by atoms with Crippen LogP contribution in [0.4, 0.5) is 5.69 Å². The quantitative estimate of drug-likeness (QED) is 0.422. The summed E-state index contributed by atoms with van der Waals surface area (Å²) in [5.41, 5.74) is 1.38. The number of carbonyl (C=O) groups is 2. The molecule has 2 amide bonds. The van der Waals surface area contributed by atoms with E-state index in [1.165, 1.54) is 9.80 Å². The van der Waals surface area contributed by atoms with Gasteiger partial charge in [0.15, 0.2) is 5.11 Å². The molecule has 144 valence electrons. The van der Waals surface area contributed by atoms with Crippen LogP contribution in [0.5, 0.6) is 5.75 Å². The maximum Gasteiger partial charge on any atom is 0.270 e. The van der Waals surface area contributed by atoms with Crippen molar-refractivity contribution in [2.75, 3.05) is 18.1 Å². The van der Waals surface area contributed by atoms with Crippen LogP contribution in [0.25, 0.3) is 6.08 Å². The van der Waals surface area contributed by atoms with Crippen LogP contribution in [-0.2, 0) is 9.59 Å². The Hall–Kier alpha value is -2.99. The number of para-hydroxylation sites is 2. The minimum absolute atomic E-state index is 0.0676. The van der Waals surface area contributed by atoms with Crippen molar-refractivity contribution < 1.29 is 14.3 Å². The van der Waals surface area contributed by atoms with Crippen LogP contribution in [0.3, 0.4) is 0 Å². The maximum atomic E-state index is 13.3. The highest BCUT2D eigenvalue weighted by atomic mass is 32.1. The molecule has 0 aromatic heterocycles. The largest absolute Gasteiger partial charge is 0.493 e. The van der Waals surface area contributed by atoms with E-state index >= 15 is 0 Å². The van der Waals surface area contributed by atoms with Gasteiger partial charge in [-0.25, -0.2) is 0 Å². The van der Waals surface area contributed by atoms with Gasteiger partial charge < -0.3 is 4.74 Å². The highest BCUT2D eigenvalue weighted by molar-refractivity contribution is 7.80. The average Bonchev–Trinajstić information content (AvgIpc) is 2.71. The first-order valence-corrected chi connectivity index (χ1v) is 9.68. The molecule has 28 heavy (non-hydrogen) atoms. The third kappa shape index (κ3) is 3.82. The molecule has 1 aliphatic rings. The van der Waals surface area contributed by atoms with Crippen LogP contribution in [0, 0.1) is 0 Å². The number of carbonyl (C=O) groups excluding carboxylic acids is 2. The van der Waals surface area contributed by atoms with Crippen LogP contribution in [0.1, 0.15) is 25.8 Å². The van der Waals surface area contributed by atoms with Crippen LogP contribution in [-0.4, -0.2) is 35.0 Å². The summed E-state index contributed by atoms with van der Waals surface area (Å²) in [6.07, 6.45) is 2.32. The molecule has 5 nitrogen and oxygen atoms in total. The summed E-state index contributed by atoms with van der Waals surface area (Å²) in [5, 5.41) is 0.207. The lowest BCUT2D eigenvalue weighted by Gasteiger charge is -2.36. The number of hydrogen-bond acceptors (Lipinski definition) is 4. The van der Waals surface area contributed by atoms with Crippen molar-refractivity contribution in [2.24, 2.45) is 0 Å². The summed E-state index contributed by atoms with van der Waals surface area (Å²) in [6.45, 7) is 4.79. The number of nitrogens with zero attached hydrogens (tertiary/aromatic N) is 2. The van der Waals surface area contributed by atoms with Crippen molar-refractivity contribution in [3.05, 3.63) is 65.7 Å². The number of ether oxygens (including phenoxy) is 1. The normalized spacial score (nSPS) is 16.1. The second kappa shape index (κ2) is 8.80. The van der Waals surface area contributed by atoms with Gasteiger partial charge in [-0.3, -0.25) is 19.4 Å². The molecule has 1 saturated heterocycles. The Morgan fingerprint density at radius 2 is 1.64 bits per heavy atom. The standard InChI is InChI=1S/C22H22N2O3S/c1-3-14-23-20(25)18(15-16-10-8-9-13-19(16)27-4-2)21(26)24(22(23)28)17-11-6-5-7-12-17/h5-13,15H,3-4,14H2,1-2H3/b18-15-. The Bertz CT molecular complexity index is 924. The van der Waals surface area contributed by atoms with Gasteiger partial charge in [-0.05, 0) is 49.8 Å². The predicted molar refractivity (Wildman–Crippen MR) is 114 cm³/mol. The van der Waals surface area contributed by atoms with Crippen LogP contribution >= 0.6 is 12.2 Å². The van der Waals surface area contributed by atoms with E-state index in [0.29, 0.717) is 30.2 Å². The third-order valence-corrected chi connectivity index (χ3v) is 4.71. The number of thiocarbonyl (C=S) groups is 1. The first-order chi connectivity index (χ1) is 13.6.